The lowest BCUT2D eigenvalue weighted by Crippen LogP contribution is -2.47. The Morgan fingerprint density at radius 3 is 2.47 bits per heavy atom. The third kappa shape index (κ3) is 3.60. The summed E-state index contributed by atoms with van der Waals surface area (Å²) in [6, 6.07) is -0.331. The predicted molar refractivity (Wildman–Crippen MR) is 57.1 cm³/mol. The number of nitrogens with one attached hydrogen (secondary N) is 1. The van der Waals surface area contributed by atoms with Gasteiger partial charge in [-0.1, -0.05) is 6.58 Å². The second-order valence-electron chi connectivity index (χ2n) is 3.79. The van der Waals surface area contributed by atoms with Crippen molar-refractivity contribution in [3.63, 3.8) is 0 Å². The van der Waals surface area contributed by atoms with Gasteiger partial charge in [0.1, 0.15) is 0 Å². The molecular formula is C11H17NO3. The van der Waals surface area contributed by atoms with Gasteiger partial charge in [-0.2, -0.15) is 0 Å². The Morgan fingerprint density at radius 2 is 2.07 bits per heavy atom. The maximum Gasteiger partial charge on any atom is 0.313 e. The van der Waals surface area contributed by atoms with E-state index in [1.165, 1.54) is 13.2 Å². The standard InChI is InChI=1S/C11H17NO3/c1-6-7-9(13)12-8(2)11(3,4)10(14)15-5/h7-8H,1H2,2-5H3,(H,12,13). The Morgan fingerprint density at radius 1 is 1.53 bits per heavy atom. The van der Waals surface area contributed by atoms with Crippen LogP contribution >= 0.6 is 0 Å². The zero-order valence-electron chi connectivity index (χ0n) is 9.59. The van der Waals surface area contributed by atoms with Crippen LogP contribution in [0.5, 0.6) is 0 Å². The monoisotopic (exact) mass is 211 g/mol. The summed E-state index contributed by atoms with van der Waals surface area (Å²) >= 11 is 0. The number of esters is 1. The van der Waals surface area contributed by atoms with E-state index < -0.39 is 5.41 Å². The first-order valence-corrected chi connectivity index (χ1v) is 4.61. The quantitative estimate of drug-likeness (QED) is 0.429. The van der Waals surface area contributed by atoms with Crippen molar-refractivity contribution in [2.24, 2.45) is 5.41 Å². The van der Waals surface area contributed by atoms with Gasteiger partial charge in [0.2, 0.25) is 0 Å². The van der Waals surface area contributed by atoms with Crippen molar-refractivity contribution < 1.29 is 14.3 Å². The molecule has 0 saturated carbocycles. The summed E-state index contributed by atoms with van der Waals surface area (Å²) < 4.78 is 4.65. The first kappa shape index (κ1) is 13.5. The molecule has 1 atom stereocenters. The number of hydrogen-bond donors (Lipinski definition) is 1. The van der Waals surface area contributed by atoms with Gasteiger partial charge in [0.15, 0.2) is 0 Å². The van der Waals surface area contributed by atoms with Gasteiger partial charge in [0, 0.05) is 12.1 Å². The highest BCUT2D eigenvalue weighted by Gasteiger charge is 2.35. The highest BCUT2D eigenvalue weighted by atomic mass is 16.5. The Hall–Kier alpha value is -1.54. The highest BCUT2D eigenvalue weighted by Crippen LogP contribution is 2.21. The van der Waals surface area contributed by atoms with Crippen LogP contribution in [0, 0.1) is 5.41 Å². The summed E-state index contributed by atoms with van der Waals surface area (Å²) in [5.74, 6) is -0.688. The zero-order chi connectivity index (χ0) is 12.1. The van der Waals surface area contributed by atoms with Gasteiger partial charge in [-0.3, -0.25) is 9.59 Å². The van der Waals surface area contributed by atoms with Gasteiger partial charge in [-0.25, -0.2) is 0 Å². The molecule has 0 aliphatic carbocycles. The molecule has 0 aromatic carbocycles. The zero-order valence-corrected chi connectivity index (χ0v) is 9.59. The van der Waals surface area contributed by atoms with Crippen molar-refractivity contribution in [1.29, 1.82) is 0 Å². The van der Waals surface area contributed by atoms with E-state index in [1.807, 2.05) is 0 Å². The molecule has 0 aromatic heterocycles. The molecule has 0 bridgehead atoms. The Bertz CT molecular complexity index is 301. The Balaban J connectivity index is 4.56. The molecule has 0 spiro atoms. The van der Waals surface area contributed by atoms with Crippen LogP contribution in [-0.2, 0) is 14.3 Å². The van der Waals surface area contributed by atoms with E-state index in [0.29, 0.717) is 0 Å². The lowest BCUT2D eigenvalue weighted by molar-refractivity contribution is -0.152. The largest absolute Gasteiger partial charge is 0.469 e. The Labute approximate surface area is 90.0 Å². The molecule has 1 unspecified atom stereocenters. The molecule has 0 aliphatic rings. The van der Waals surface area contributed by atoms with Gasteiger partial charge in [0.25, 0.3) is 5.91 Å². The molecule has 84 valence electrons. The van der Waals surface area contributed by atoms with E-state index in [-0.39, 0.29) is 17.9 Å². The van der Waals surface area contributed by atoms with Crippen LogP contribution in [0.2, 0.25) is 0 Å². The van der Waals surface area contributed by atoms with E-state index in [4.69, 9.17) is 0 Å². The molecule has 1 N–H and O–H groups in total. The molecule has 4 heteroatoms. The number of hydrogen-bond acceptors (Lipinski definition) is 3. The van der Waals surface area contributed by atoms with Crippen molar-refractivity contribution in [3.8, 4) is 0 Å². The smallest absolute Gasteiger partial charge is 0.313 e. The van der Waals surface area contributed by atoms with Crippen LogP contribution in [0.25, 0.3) is 0 Å². The second kappa shape index (κ2) is 5.37. The molecule has 0 heterocycles. The topological polar surface area (TPSA) is 55.4 Å². The summed E-state index contributed by atoms with van der Waals surface area (Å²) in [5.41, 5.74) is 1.60. The third-order valence-corrected chi connectivity index (χ3v) is 2.39. The number of methoxy groups -OCH3 is 1. The second-order valence-corrected chi connectivity index (χ2v) is 3.79. The minimum absolute atomic E-state index is 0.325. The molecule has 15 heavy (non-hydrogen) atoms. The van der Waals surface area contributed by atoms with Crippen molar-refractivity contribution in [2.75, 3.05) is 7.11 Å². The van der Waals surface area contributed by atoms with Crippen LogP contribution in [0.15, 0.2) is 18.4 Å². The van der Waals surface area contributed by atoms with Crippen molar-refractivity contribution >= 4 is 11.9 Å². The summed E-state index contributed by atoms with van der Waals surface area (Å²) in [6.07, 6.45) is 1.18. The molecule has 4 nitrogen and oxygen atoms in total. The Kier molecular flexibility index (Phi) is 4.82. The maximum atomic E-state index is 11.4. The minimum atomic E-state index is -0.764. The van der Waals surface area contributed by atoms with E-state index >= 15 is 0 Å². The van der Waals surface area contributed by atoms with Crippen LogP contribution in [0.4, 0.5) is 0 Å². The number of carbonyl (C=O) groups is 2. The summed E-state index contributed by atoms with van der Waals surface area (Å²) in [7, 11) is 1.32. The molecule has 0 aliphatic heterocycles. The van der Waals surface area contributed by atoms with Gasteiger partial charge >= 0.3 is 5.97 Å². The summed E-state index contributed by atoms with van der Waals surface area (Å²) in [5, 5.41) is 2.64. The average molecular weight is 211 g/mol. The summed E-state index contributed by atoms with van der Waals surface area (Å²) in [4.78, 5) is 22.6. The van der Waals surface area contributed by atoms with E-state index in [0.717, 1.165) is 0 Å². The fraction of sp³-hybridized carbons (Fsp3) is 0.545. The van der Waals surface area contributed by atoms with Gasteiger partial charge in [-0.05, 0) is 20.8 Å². The number of ether oxygens (including phenoxy) is 1. The van der Waals surface area contributed by atoms with Crippen molar-refractivity contribution in [2.45, 2.75) is 26.8 Å². The fourth-order valence-corrected chi connectivity index (χ4v) is 0.968. The number of amides is 1. The van der Waals surface area contributed by atoms with Gasteiger partial charge in [-0.15, -0.1) is 5.73 Å². The van der Waals surface area contributed by atoms with Crippen molar-refractivity contribution in [1.82, 2.24) is 5.32 Å². The van der Waals surface area contributed by atoms with Crippen LogP contribution < -0.4 is 5.32 Å². The van der Waals surface area contributed by atoms with Crippen LogP contribution in [0.3, 0.4) is 0 Å². The van der Waals surface area contributed by atoms with Crippen LogP contribution in [0.1, 0.15) is 20.8 Å². The molecule has 0 radical (unpaired) electrons. The fourth-order valence-electron chi connectivity index (χ4n) is 0.968. The first-order valence-electron chi connectivity index (χ1n) is 4.61. The van der Waals surface area contributed by atoms with E-state index in [2.05, 4.69) is 22.4 Å². The lowest BCUT2D eigenvalue weighted by atomic mass is 9.85. The van der Waals surface area contributed by atoms with E-state index in [1.54, 1.807) is 20.8 Å². The lowest BCUT2D eigenvalue weighted by Gasteiger charge is -2.28. The molecule has 0 fully saturated rings. The van der Waals surface area contributed by atoms with Crippen LogP contribution in [-0.4, -0.2) is 25.0 Å². The number of rotatable bonds is 4. The molecule has 0 saturated heterocycles. The minimum Gasteiger partial charge on any atom is -0.469 e. The maximum absolute atomic E-state index is 11.4. The highest BCUT2D eigenvalue weighted by molar-refractivity contribution is 5.88. The first-order chi connectivity index (χ1) is 6.86. The average Bonchev–Trinajstić information content (AvgIpc) is 2.16. The molecular weight excluding hydrogens is 194 g/mol. The SMILES string of the molecule is C=C=CC(=O)NC(C)C(C)(C)C(=O)OC. The predicted octanol–water partition coefficient (Wildman–Crippen LogP) is 1.03. The molecule has 0 aromatic rings. The summed E-state index contributed by atoms with van der Waals surface area (Å²) in [6.45, 7) is 8.45. The number of carbonyl (C=O) groups excluding carboxylic acids is 2. The molecule has 1 amide bonds. The van der Waals surface area contributed by atoms with E-state index in [9.17, 15) is 9.59 Å². The molecule has 0 rings (SSSR count). The van der Waals surface area contributed by atoms with Crippen molar-refractivity contribution in [3.05, 3.63) is 18.4 Å². The third-order valence-electron chi connectivity index (χ3n) is 2.39. The normalized spacial score (nSPS) is 12.3. The van der Waals surface area contributed by atoms with Gasteiger partial charge in [0.05, 0.1) is 12.5 Å². The van der Waals surface area contributed by atoms with Gasteiger partial charge < -0.3 is 10.1 Å².